The number of ether oxygens (including phenoxy) is 1. The van der Waals surface area contributed by atoms with Gasteiger partial charge in [-0.2, -0.15) is 0 Å². The standard InChI is InChI=1S/C15H20N2O2S/c1-10-3-2-4-13(10)15(18)17-11-5-7-12(8-6-11)19-9-14(16)20/h5-8,10,13H,2-4,9H2,1H3,(H2,16,20)(H,17,18). The predicted molar refractivity (Wildman–Crippen MR) is 83.9 cm³/mol. The van der Waals surface area contributed by atoms with Crippen molar-refractivity contribution < 1.29 is 9.53 Å². The molecule has 0 bridgehead atoms. The largest absolute Gasteiger partial charge is 0.487 e. The molecule has 1 aliphatic rings. The third kappa shape index (κ3) is 3.93. The van der Waals surface area contributed by atoms with Gasteiger partial charge in [-0.25, -0.2) is 0 Å². The number of hydrogen-bond acceptors (Lipinski definition) is 3. The molecule has 1 saturated carbocycles. The van der Waals surface area contributed by atoms with E-state index in [4.69, 9.17) is 22.7 Å². The topological polar surface area (TPSA) is 64.3 Å². The van der Waals surface area contributed by atoms with Crippen molar-refractivity contribution in [3.8, 4) is 5.75 Å². The van der Waals surface area contributed by atoms with E-state index < -0.39 is 0 Å². The minimum absolute atomic E-state index is 0.117. The van der Waals surface area contributed by atoms with E-state index in [0.29, 0.717) is 16.7 Å². The van der Waals surface area contributed by atoms with Gasteiger partial charge in [0.25, 0.3) is 0 Å². The fraction of sp³-hybridized carbons (Fsp3) is 0.467. The molecule has 0 aliphatic heterocycles. The first-order chi connectivity index (χ1) is 9.56. The number of nitrogens with two attached hydrogens (primary N) is 1. The van der Waals surface area contributed by atoms with Crippen molar-refractivity contribution in [3.63, 3.8) is 0 Å². The average molecular weight is 292 g/mol. The number of anilines is 1. The summed E-state index contributed by atoms with van der Waals surface area (Å²) in [5, 5.41) is 2.96. The Hall–Kier alpha value is -1.62. The first-order valence-corrected chi connectivity index (χ1v) is 7.29. The number of carbonyl (C=O) groups excluding carboxylic acids is 1. The maximum atomic E-state index is 12.1. The van der Waals surface area contributed by atoms with E-state index in [9.17, 15) is 4.79 Å². The molecule has 4 nitrogen and oxygen atoms in total. The van der Waals surface area contributed by atoms with Crippen LogP contribution in [-0.2, 0) is 4.79 Å². The van der Waals surface area contributed by atoms with Crippen molar-refractivity contribution in [2.45, 2.75) is 26.2 Å². The molecular formula is C15H20N2O2S. The monoisotopic (exact) mass is 292 g/mol. The van der Waals surface area contributed by atoms with E-state index in [2.05, 4.69) is 12.2 Å². The van der Waals surface area contributed by atoms with Crippen molar-refractivity contribution in [3.05, 3.63) is 24.3 Å². The zero-order valence-corrected chi connectivity index (χ0v) is 12.4. The van der Waals surface area contributed by atoms with E-state index in [1.54, 1.807) is 12.1 Å². The molecule has 1 aromatic carbocycles. The first-order valence-electron chi connectivity index (χ1n) is 6.88. The van der Waals surface area contributed by atoms with Gasteiger partial charge < -0.3 is 15.8 Å². The van der Waals surface area contributed by atoms with Crippen LogP contribution in [0.25, 0.3) is 0 Å². The van der Waals surface area contributed by atoms with Gasteiger partial charge in [0.15, 0.2) is 0 Å². The quantitative estimate of drug-likeness (QED) is 0.819. The van der Waals surface area contributed by atoms with Gasteiger partial charge >= 0.3 is 0 Å². The van der Waals surface area contributed by atoms with Crippen molar-refractivity contribution in [2.24, 2.45) is 17.6 Å². The molecule has 2 unspecified atom stereocenters. The molecule has 0 radical (unpaired) electrons. The van der Waals surface area contributed by atoms with E-state index >= 15 is 0 Å². The Morgan fingerprint density at radius 2 is 2.10 bits per heavy atom. The molecule has 1 aliphatic carbocycles. The zero-order chi connectivity index (χ0) is 14.5. The fourth-order valence-corrected chi connectivity index (χ4v) is 2.62. The average Bonchev–Trinajstić information content (AvgIpc) is 2.84. The minimum Gasteiger partial charge on any atom is -0.487 e. The van der Waals surface area contributed by atoms with Gasteiger partial charge in [-0.3, -0.25) is 4.79 Å². The minimum atomic E-state index is 0.117. The summed E-state index contributed by atoms with van der Waals surface area (Å²) in [6, 6.07) is 7.25. The number of hydrogen-bond donors (Lipinski definition) is 2. The fourth-order valence-electron chi connectivity index (χ4n) is 2.56. The molecule has 0 heterocycles. The van der Waals surface area contributed by atoms with E-state index in [1.165, 1.54) is 0 Å². The lowest BCUT2D eigenvalue weighted by Gasteiger charge is -2.15. The second-order valence-corrected chi connectivity index (χ2v) is 5.81. The highest BCUT2D eigenvalue weighted by molar-refractivity contribution is 7.80. The third-order valence-electron chi connectivity index (χ3n) is 3.70. The Morgan fingerprint density at radius 3 is 2.65 bits per heavy atom. The summed E-state index contributed by atoms with van der Waals surface area (Å²) in [6.45, 7) is 2.37. The Labute approximate surface area is 124 Å². The highest BCUT2D eigenvalue weighted by Gasteiger charge is 2.29. The second-order valence-electron chi connectivity index (χ2n) is 5.28. The molecule has 1 fully saturated rings. The first kappa shape index (κ1) is 14.8. The van der Waals surface area contributed by atoms with Crippen LogP contribution in [0.1, 0.15) is 26.2 Å². The van der Waals surface area contributed by atoms with Crippen LogP contribution < -0.4 is 15.8 Å². The van der Waals surface area contributed by atoms with Gasteiger partial charge in [0.1, 0.15) is 17.3 Å². The number of thiocarbonyl (C=S) groups is 1. The molecule has 3 N–H and O–H groups in total. The SMILES string of the molecule is CC1CCCC1C(=O)Nc1ccc(OCC(N)=S)cc1. The molecule has 108 valence electrons. The maximum absolute atomic E-state index is 12.1. The molecule has 2 rings (SSSR count). The van der Waals surface area contributed by atoms with E-state index in [-0.39, 0.29) is 18.4 Å². The molecular weight excluding hydrogens is 272 g/mol. The second kappa shape index (κ2) is 6.70. The zero-order valence-electron chi connectivity index (χ0n) is 11.6. The lowest BCUT2D eigenvalue weighted by Crippen LogP contribution is -2.24. The van der Waals surface area contributed by atoms with Crippen molar-refractivity contribution in [1.29, 1.82) is 0 Å². The Bertz CT molecular complexity index is 487. The van der Waals surface area contributed by atoms with Crippen LogP contribution in [-0.4, -0.2) is 17.5 Å². The molecule has 20 heavy (non-hydrogen) atoms. The van der Waals surface area contributed by atoms with Gasteiger partial charge in [0.05, 0.1) is 0 Å². The van der Waals surface area contributed by atoms with Gasteiger partial charge in [0, 0.05) is 11.6 Å². The molecule has 0 spiro atoms. The Morgan fingerprint density at radius 1 is 1.40 bits per heavy atom. The summed E-state index contributed by atoms with van der Waals surface area (Å²) in [6.07, 6.45) is 3.27. The Kier molecular flexibility index (Phi) is 4.95. The van der Waals surface area contributed by atoms with Crippen LogP contribution in [0.15, 0.2) is 24.3 Å². The van der Waals surface area contributed by atoms with Crippen LogP contribution in [0.5, 0.6) is 5.75 Å². The summed E-state index contributed by atoms with van der Waals surface area (Å²) in [5.41, 5.74) is 6.16. The summed E-state index contributed by atoms with van der Waals surface area (Å²) < 4.78 is 5.37. The lowest BCUT2D eigenvalue weighted by atomic mass is 9.97. The molecule has 0 saturated heterocycles. The van der Waals surface area contributed by atoms with Gasteiger partial charge in [-0.15, -0.1) is 0 Å². The van der Waals surface area contributed by atoms with Crippen molar-refractivity contribution in [2.75, 3.05) is 11.9 Å². The normalized spacial score (nSPS) is 21.4. The molecule has 0 aromatic heterocycles. The van der Waals surface area contributed by atoms with Crippen LogP contribution in [0, 0.1) is 11.8 Å². The number of nitrogens with one attached hydrogen (secondary N) is 1. The Balaban J connectivity index is 1.90. The smallest absolute Gasteiger partial charge is 0.227 e. The summed E-state index contributed by atoms with van der Waals surface area (Å²) >= 11 is 4.75. The third-order valence-corrected chi connectivity index (χ3v) is 3.82. The predicted octanol–water partition coefficient (Wildman–Crippen LogP) is 2.73. The van der Waals surface area contributed by atoms with Crippen LogP contribution in [0.4, 0.5) is 5.69 Å². The molecule has 1 aromatic rings. The number of rotatable bonds is 5. The summed E-state index contributed by atoms with van der Waals surface area (Å²) in [5.74, 6) is 1.42. The molecule has 5 heteroatoms. The summed E-state index contributed by atoms with van der Waals surface area (Å²) in [7, 11) is 0. The lowest BCUT2D eigenvalue weighted by molar-refractivity contribution is -0.120. The van der Waals surface area contributed by atoms with Crippen LogP contribution in [0.3, 0.4) is 0 Å². The van der Waals surface area contributed by atoms with Gasteiger partial charge in [-0.05, 0) is 43.0 Å². The van der Waals surface area contributed by atoms with E-state index in [0.717, 1.165) is 24.9 Å². The number of amides is 1. The maximum Gasteiger partial charge on any atom is 0.227 e. The highest BCUT2D eigenvalue weighted by Crippen LogP contribution is 2.32. The molecule has 2 atom stereocenters. The van der Waals surface area contributed by atoms with Gasteiger partial charge in [-0.1, -0.05) is 25.6 Å². The van der Waals surface area contributed by atoms with E-state index in [1.807, 2.05) is 12.1 Å². The van der Waals surface area contributed by atoms with Crippen molar-refractivity contribution >= 4 is 28.8 Å². The van der Waals surface area contributed by atoms with Gasteiger partial charge in [0.2, 0.25) is 5.91 Å². The number of carbonyl (C=O) groups is 1. The van der Waals surface area contributed by atoms with Crippen LogP contribution >= 0.6 is 12.2 Å². The highest BCUT2D eigenvalue weighted by atomic mass is 32.1. The number of benzene rings is 1. The summed E-state index contributed by atoms with van der Waals surface area (Å²) in [4.78, 5) is 12.5. The van der Waals surface area contributed by atoms with Crippen molar-refractivity contribution in [1.82, 2.24) is 0 Å². The molecule has 1 amide bonds. The van der Waals surface area contributed by atoms with Crippen LogP contribution in [0.2, 0.25) is 0 Å².